The highest BCUT2D eigenvalue weighted by Crippen LogP contribution is 2.38. The van der Waals surface area contributed by atoms with E-state index >= 15 is 0 Å². The van der Waals surface area contributed by atoms with Gasteiger partial charge in [0.2, 0.25) is 15.6 Å². The van der Waals surface area contributed by atoms with E-state index in [1.165, 1.54) is 0 Å². The zero-order valence-corrected chi connectivity index (χ0v) is 24.3. The molecule has 2 heterocycles. The van der Waals surface area contributed by atoms with Crippen LogP contribution in [0, 0.1) is 0 Å². The highest BCUT2D eigenvalue weighted by molar-refractivity contribution is 7.91. The molecule has 0 fully saturated rings. The summed E-state index contributed by atoms with van der Waals surface area (Å²) in [7, 11) is -3.66. The normalized spacial score (nSPS) is 11.8. The molecule has 0 radical (unpaired) electrons. The second-order valence-corrected chi connectivity index (χ2v) is 12.6. The van der Waals surface area contributed by atoms with E-state index in [0.29, 0.717) is 5.78 Å². The van der Waals surface area contributed by atoms with E-state index in [2.05, 4.69) is 52.9 Å². The molecule has 0 unspecified atom stereocenters. The Morgan fingerprint density at radius 2 is 1.11 bits per heavy atom. The molecule has 0 saturated heterocycles. The highest BCUT2D eigenvalue weighted by atomic mass is 32.2. The smallest absolute Gasteiger partial charge is 0.235 e. The van der Waals surface area contributed by atoms with Crippen molar-refractivity contribution >= 4 is 37.4 Å². The van der Waals surface area contributed by atoms with E-state index in [-0.39, 0.29) is 9.79 Å². The van der Waals surface area contributed by atoms with Crippen molar-refractivity contribution in [2.45, 2.75) is 9.79 Å². The first-order valence-corrected chi connectivity index (χ1v) is 15.8. The Balaban J connectivity index is 1.36. The molecule has 0 saturated carbocycles. The number of aromatic nitrogens is 3. The minimum atomic E-state index is -3.66. The summed E-state index contributed by atoms with van der Waals surface area (Å²) < 4.78 is 29.0. The molecule has 0 aliphatic rings. The van der Waals surface area contributed by atoms with Gasteiger partial charge in [0.25, 0.3) is 0 Å². The van der Waals surface area contributed by atoms with Gasteiger partial charge < -0.3 is 0 Å². The Bertz CT molecular complexity index is 2450. The van der Waals surface area contributed by atoms with Gasteiger partial charge >= 0.3 is 0 Å². The molecule has 0 N–H and O–H groups in total. The first-order valence-electron chi connectivity index (χ1n) is 14.3. The Morgan fingerprint density at radius 3 is 1.91 bits per heavy atom. The predicted octanol–water partition coefficient (Wildman–Crippen LogP) is 8.87. The lowest BCUT2D eigenvalue weighted by Gasteiger charge is -2.15. The van der Waals surface area contributed by atoms with Crippen molar-refractivity contribution in [1.82, 2.24) is 14.4 Å². The number of imidazole rings is 1. The van der Waals surface area contributed by atoms with Crippen LogP contribution in [0.4, 0.5) is 0 Å². The molecule has 6 aromatic carbocycles. The van der Waals surface area contributed by atoms with Crippen molar-refractivity contribution in [2.75, 3.05) is 0 Å². The van der Waals surface area contributed by atoms with Gasteiger partial charge in [0, 0.05) is 11.1 Å². The van der Waals surface area contributed by atoms with Crippen LogP contribution >= 0.6 is 0 Å². The number of hydrogen-bond acceptors (Lipinski definition) is 4. The number of sulfone groups is 1. The molecule has 44 heavy (non-hydrogen) atoms. The number of hydrogen-bond donors (Lipinski definition) is 0. The second-order valence-electron chi connectivity index (χ2n) is 10.7. The zero-order chi connectivity index (χ0) is 29.7. The van der Waals surface area contributed by atoms with Gasteiger partial charge in [-0.05, 0) is 64.4 Å². The van der Waals surface area contributed by atoms with E-state index in [1.807, 2.05) is 66.7 Å². The Hall–Kier alpha value is -5.59. The SMILES string of the molecule is O=S(=O)(c1ccccc1)c1cccc(-c2ccc(-c3cc(-c4ccccc4)nc4nc5ccccc5n34)c3ccccc23)c1. The summed E-state index contributed by atoms with van der Waals surface area (Å²) in [5.74, 6) is 0.634. The summed E-state index contributed by atoms with van der Waals surface area (Å²) in [6.45, 7) is 0. The minimum Gasteiger partial charge on any atom is -0.276 e. The van der Waals surface area contributed by atoms with Crippen LogP contribution in [0.15, 0.2) is 161 Å². The fourth-order valence-electron chi connectivity index (χ4n) is 5.96. The van der Waals surface area contributed by atoms with Gasteiger partial charge in [0.1, 0.15) is 0 Å². The number of benzene rings is 6. The summed E-state index contributed by atoms with van der Waals surface area (Å²) in [4.78, 5) is 10.4. The molecule has 8 aromatic rings. The van der Waals surface area contributed by atoms with Gasteiger partial charge in [-0.25, -0.2) is 18.4 Å². The molecule has 2 aromatic heterocycles. The summed E-state index contributed by atoms with van der Waals surface area (Å²) >= 11 is 0. The molecule has 6 heteroatoms. The molecule has 0 bridgehead atoms. The van der Waals surface area contributed by atoms with Gasteiger partial charge in [0.15, 0.2) is 0 Å². The standard InChI is InChI=1S/C38H25N3O2S/c42-44(43,28-15-5-2-6-16-28)29-17-11-14-27(24-29)30-22-23-33(32-19-8-7-18-31(30)32)37-25-35(26-12-3-1-4-13-26)40-38-39-34-20-9-10-21-36(34)41(37)38/h1-25H. The van der Waals surface area contributed by atoms with Crippen molar-refractivity contribution in [3.63, 3.8) is 0 Å². The van der Waals surface area contributed by atoms with Gasteiger partial charge in [0.05, 0.1) is 32.2 Å². The fraction of sp³-hybridized carbons (Fsp3) is 0. The molecule has 0 aliphatic carbocycles. The lowest BCUT2D eigenvalue weighted by atomic mass is 9.93. The summed E-state index contributed by atoms with van der Waals surface area (Å²) in [6, 6.07) is 48.6. The average molecular weight is 588 g/mol. The van der Waals surface area contributed by atoms with Gasteiger partial charge in [-0.1, -0.05) is 109 Å². The molecule has 5 nitrogen and oxygen atoms in total. The largest absolute Gasteiger partial charge is 0.276 e. The maximum Gasteiger partial charge on any atom is 0.235 e. The van der Waals surface area contributed by atoms with Crippen LogP contribution < -0.4 is 0 Å². The van der Waals surface area contributed by atoms with Crippen molar-refractivity contribution in [2.24, 2.45) is 0 Å². The average Bonchev–Trinajstić information content (AvgIpc) is 3.47. The number of rotatable bonds is 5. The molecular formula is C38H25N3O2S. The first-order chi connectivity index (χ1) is 21.6. The Labute approximate surface area is 254 Å². The monoisotopic (exact) mass is 587 g/mol. The molecule has 8 rings (SSSR count). The lowest BCUT2D eigenvalue weighted by molar-refractivity contribution is 0.596. The predicted molar refractivity (Wildman–Crippen MR) is 176 cm³/mol. The van der Waals surface area contributed by atoms with Crippen LogP contribution in [0.5, 0.6) is 0 Å². The number of fused-ring (bicyclic) bond motifs is 4. The molecule has 0 atom stereocenters. The first kappa shape index (κ1) is 26.1. The van der Waals surface area contributed by atoms with E-state index < -0.39 is 9.84 Å². The van der Waals surface area contributed by atoms with Crippen molar-refractivity contribution in [3.8, 4) is 33.6 Å². The third-order valence-corrected chi connectivity index (χ3v) is 9.82. The number of nitrogens with zero attached hydrogens (tertiary/aromatic N) is 3. The molecule has 210 valence electrons. The summed E-state index contributed by atoms with van der Waals surface area (Å²) in [5.41, 5.74) is 7.52. The Kier molecular flexibility index (Phi) is 6.10. The molecule has 0 aliphatic heterocycles. The van der Waals surface area contributed by atoms with Crippen LogP contribution in [-0.2, 0) is 9.84 Å². The highest BCUT2D eigenvalue weighted by Gasteiger charge is 2.20. The second kappa shape index (κ2) is 10.3. The lowest BCUT2D eigenvalue weighted by Crippen LogP contribution is -2.02. The van der Waals surface area contributed by atoms with Gasteiger partial charge in [-0.2, -0.15) is 0 Å². The maximum atomic E-state index is 13.5. The quantitative estimate of drug-likeness (QED) is 0.202. The topological polar surface area (TPSA) is 64.3 Å². The van der Waals surface area contributed by atoms with Gasteiger partial charge in [-0.15, -0.1) is 0 Å². The van der Waals surface area contributed by atoms with E-state index in [0.717, 1.165) is 55.4 Å². The minimum absolute atomic E-state index is 0.266. The third kappa shape index (κ3) is 4.27. The molecule has 0 amide bonds. The van der Waals surface area contributed by atoms with Gasteiger partial charge in [-0.3, -0.25) is 4.40 Å². The maximum absolute atomic E-state index is 13.5. The van der Waals surface area contributed by atoms with Crippen LogP contribution in [0.2, 0.25) is 0 Å². The van der Waals surface area contributed by atoms with Crippen LogP contribution in [0.3, 0.4) is 0 Å². The van der Waals surface area contributed by atoms with E-state index in [4.69, 9.17) is 9.97 Å². The van der Waals surface area contributed by atoms with Crippen LogP contribution in [0.1, 0.15) is 0 Å². The van der Waals surface area contributed by atoms with Crippen molar-refractivity contribution in [1.29, 1.82) is 0 Å². The third-order valence-electron chi connectivity index (χ3n) is 8.06. The number of para-hydroxylation sites is 2. The molecular weight excluding hydrogens is 563 g/mol. The van der Waals surface area contributed by atoms with Crippen molar-refractivity contribution in [3.05, 3.63) is 152 Å². The zero-order valence-electron chi connectivity index (χ0n) is 23.5. The van der Waals surface area contributed by atoms with Crippen molar-refractivity contribution < 1.29 is 8.42 Å². The summed E-state index contributed by atoms with van der Waals surface area (Å²) in [6.07, 6.45) is 0. The van der Waals surface area contributed by atoms with E-state index in [1.54, 1.807) is 36.4 Å². The van der Waals surface area contributed by atoms with Crippen LogP contribution in [0.25, 0.3) is 61.2 Å². The summed E-state index contributed by atoms with van der Waals surface area (Å²) in [5, 5.41) is 2.07. The molecule has 0 spiro atoms. The fourth-order valence-corrected chi connectivity index (χ4v) is 7.28. The van der Waals surface area contributed by atoms with E-state index in [9.17, 15) is 8.42 Å². The Morgan fingerprint density at radius 1 is 0.500 bits per heavy atom. The van der Waals surface area contributed by atoms with Crippen LogP contribution in [-0.4, -0.2) is 22.8 Å².